The molecule has 1 rings (SSSR count). The molecule has 0 aromatic heterocycles. The van der Waals surface area contributed by atoms with E-state index in [0.29, 0.717) is 20.0 Å². The first-order valence-corrected chi connectivity index (χ1v) is 4.09. The molecule has 0 aromatic rings. The summed E-state index contributed by atoms with van der Waals surface area (Å²) in [4.78, 5) is 0. The van der Waals surface area contributed by atoms with Crippen LogP contribution in [0.4, 0.5) is 0 Å². The van der Waals surface area contributed by atoms with Crippen molar-refractivity contribution in [3.63, 3.8) is 0 Å². The number of ether oxygens (including phenoxy) is 2. The highest BCUT2D eigenvalue weighted by Crippen LogP contribution is 2.26. The molecule has 0 bridgehead atoms. The summed E-state index contributed by atoms with van der Waals surface area (Å²) in [5.41, 5.74) is -0.118. The number of rotatable bonds is 3. The van der Waals surface area contributed by atoms with Gasteiger partial charge in [-0.15, -0.1) is 0 Å². The number of hydrogen-bond donors (Lipinski definition) is 1. The van der Waals surface area contributed by atoms with Crippen LogP contribution in [-0.2, 0) is 9.47 Å². The first kappa shape index (κ1) is 8.97. The Bertz CT molecular complexity index is 102. The molecule has 0 amide bonds. The van der Waals surface area contributed by atoms with E-state index in [1.54, 1.807) is 0 Å². The highest BCUT2D eigenvalue weighted by molar-refractivity contribution is 4.78. The Hall–Kier alpha value is -0.120. The second-order valence-electron chi connectivity index (χ2n) is 3.22. The molecule has 0 aromatic carbocycles. The Morgan fingerprint density at radius 3 is 2.45 bits per heavy atom. The molecule has 3 nitrogen and oxygen atoms in total. The second kappa shape index (κ2) is 4.04. The van der Waals surface area contributed by atoms with Crippen molar-refractivity contribution in [2.45, 2.75) is 19.8 Å². The lowest BCUT2D eigenvalue weighted by Crippen LogP contribution is -2.40. The molecule has 0 saturated carbocycles. The Morgan fingerprint density at radius 2 is 2.00 bits per heavy atom. The molecule has 3 heteroatoms. The third kappa shape index (κ3) is 2.15. The number of hydrogen-bond acceptors (Lipinski definition) is 3. The molecule has 1 N–H and O–H groups in total. The largest absolute Gasteiger partial charge is 0.396 e. The molecule has 1 aliphatic rings. The van der Waals surface area contributed by atoms with Gasteiger partial charge >= 0.3 is 0 Å². The third-order valence-corrected chi connectivity index (χ3v) is 2.10. The van der Waals surface area contributed by atoms with Crippen molar-refractivity contribution in [1.82, 2.24) is 0 Å². The molecule has 11 heavy (non-hydrogen) atoms. The fourth-order valence-corrected chi connectivity index (χ4v) is 1.46. The maximum absolute atomic E-state index is 9.11. The molecule has 1 saturated heterocycles. The summed E-state index contributed by atoms with van der Waals surface area (Å²) < 4.78 is 10.3. The van der Waals surface area contributed by atoms with E-state index < -0.39 is 0 Å². The summed E-state index contributed by atoms with van der Waals surface area (Å²) in [6.45, 7) is 3.92. The molecule has 0 unspecified atom stereocenters. The minimum Gasteiger partial charge on any atom is -0.396 e. The summed E-state index contributed by atoms with van der Waals surface area (Å²) in [7, 11) is 0. The molecule has 0 spiro atoms. The predicted octanol–water partition coefficient (Wildman–Crippen LogP) is 0.770. The van der Waals surface area contributed by atoms with Crippen molar-refractivity contribution in [2.24, 2.45) is 5.41 Å². The van der Waals surface area contributed by atoms with Gasteiger partial charge < -0.3 is 14.6 Å². The highest BCUT2D eigenvalue weighted by Gasteiger charge is 2.31. The normalized spacial score (nSPS) is 23.5. The van der Waals surface area contributed by atoms with Crippen LogP contribution in [-0.4, -0.2) is 31.7 Å². The molecule has 0 radical (unpaired) electrons. The molecule has 1 heterocycles. The Labute approximate surface area is 67.3 Å². The van der Waals surface area contributed by atoms with E-state index >= 15 is 0 Å². The maximum atomic E-state index is 9.11. The van der Waals surface area contributed by atoms with Gasteiger partial charge in [0.15, 0.2) is 0 Å². The molecule has 1 aliphatic heterocycles. The van der Waals surface area contributed by atoms with Crippen molar-refractivity contribution in [1.29, 1.82) is 0 Å². The Morgan fingerprint density at radius 1 is 1.36 bits per heavy atom. The van der Waals surface area contributed by atoms with Gasteiger partial charge in [-0.3, -0.25) is 0 Å². The minimum absolute atomic E-state index is 0.118. The Kier molecular flexibility index (Phi) is 3.30. The molecule has 66 valence electrons. The second-order valence-corrected chi connectivity index (χ2v) is 3.22. The van der Waals surface area contributed by atoms with Crippen molar-refractivity contribution < 1.29 is 14.6 Å². The van der Waals surface area contributed by atoms with E-state index in [1.165, 1.54) is 0 Å². The Balaban J connectivity index is 2.42. The van der Waals surface area contributed by atoms with Crippen LogP contribution in [0.3, 0.4) is 0 Å². The van der Waals surface area contributed by atoms with Gasteiger partial charge in [-0.2, -0.15) is 0 Å². The van der Waals surface area contributed by atoms with Gasteiger partial charge in [0, 0.05) is 5.41 Å². The first-order chi connectivity index (χ1) is 5.33. The smallest absolute Gasteiger partial charge is 0.146 e. The van der Waals surface area contributed by atoms with Crippen LogP contribution >= 0.6 is 0 Å². The average Bonchev–Trinajstić information content (AvgIpc) is 2.07. The van der Waals surface area contributed by atoms with Crippen LogP contribution in [0.15, 0.2) is 0 Å². The van der Waals surface area contributed by atoms with Crippen molar-refractivity contribution in [3.05, 3.63) is 0 Å². The molecular formula is C8H16O3. The number of aliphatic hydroxyl groups is 1. The van der Waals surface area contributed by atoms with E-state index in [2.05, 4.69) is 6.92 Å². The lowest BCUT2D eigenvalue weighted by Gasteiger charge is -2.34. The van der Waals surface area contributed by atoms with Crippen LogP contribution in [0.5, 0.6) is 0 Å². The standard InChI is InChI=1S/C8H16O3/c1-2-3-8(4-9)5-10-7-11-6-8/h9H,2-7H2,1H3. The SMILES string of the molecule is CCCC1(CO)COCOC1. The van der Waals surface area contributed by atoms with Gasteiger partial charge in [-0.1, -0.05) is 13.3 Å². The zero-order chi connectivity index (χ0) is 8.16. The summed E-state index contributed by atoms with van der Waals surface area (Å²) in [5, 5.41) is 9.11. The summed E-state index contributed by atoms with van der Waals surface area (Å²) in [6.07, 6.45) is 2.04. The average molecular weight is 160 g/mol. The van der Waals surface area contributed by atoms with Gasteiger partial charge in [-0.25, -0.2) is 0 Å². The van der Waals surface area contributed by atoms with Gasteiger partial charge in [0.05, 0.1) is 19.8 Å². The van der Waals surface area contributed by atoms with Gasteiger partial charge in [-0.05, 0) is 6.42 Å². The zero-order valence-electron chi connectivity index (χ0n) is 7.01. The summed E-state index contributed by atoms with van der Waals surface area (Å²) in [5.74, 6) is 0. The monoisotopic (exact) mass is 160 g/mol. The highest BCUT2D eigenvalue weighted by atomic mass is 16.7. The minimum atomic E-state index is -0.118. The maximum Gasteiger partial charge on any atom is 0.146 e. The molecule has 1 fully saturated rings. The van der Waals surface area contributed by atoms with Crippen molar-refractivity contribution in [2.75, 3.05) is 26.6 Å². The summed E-state index contributed by atoms with van der Waals surface area (Å²) in [6, 6.07) is 0. The lowest BCUT2D eigenvalue weighted by atomic mass is 9.86. The van der Waals surface area contributed by atoms with Crippen LogP contribution in [0, 0.1) is 5.41 Å². The fourth-order valence-electron chi connectivity index (χ4n) is 1.46. The van der Waals surface area contributed by atoms with Crippen LogP contribution in [0.25, 0.3) is 0 Å². The first-order valence-electron chi connectivity index (χ1n) is 4.09. The molecule has 0 aliphatic carbocycles. The van der Waals surface area contributed by atoms with E-state index in [0.717, 1.165) is 12.8 Å². The lowest BCUT2D eigenvalue weighted by molar-refractivity contribution is -0.178. The van der Waals surface area contributed by atoms with Gasteiger partial charge in [0.25, 0.3) is 0 Å². The van der Waals surface area contributed by atoms with Crippen LogP contribution in [0.1, 0.15) is 19.8 Å². The zero-order valence-corrected chi connectivity index (χ0v) is 7.01. The quantitative estimate of drug-likeness (QED) is 0.662. The topological polar surface area (TPSA) is 38.7 Å². The van der Waals surface area contributed by atoms with Gasteiger partial charge in [0.2, 0.25) is 0 Å². The van der Waals surface area contributed by atoms with E-state index in [4.69, 9.17) is 14.6 Å². The fraction of sp³-hybridized carbons (Fsp3) is 1.00. The van der Waals surface area contributed by atoms with Crippen molar-refractivity contribution >= 4 is 0 Å². The van der Waals surface area contributed by atoms with E-state index in [-0.39, 0.29) is 12.0 Å². The van der Waals surface area contributed by atoms with Crippen LogP contribution < -0.4 is 0 Å². The van der Waals surface area contributed by atoms with Crippen LogP contribution in [0.2, 0.25) is 0 Å². The van der Waals surface area contributed by atoms with E-state index in [1.807, 2.05) is 0 Å². The molecular weight excluding hydrogens is 144 g/mol. The van der Waals surface area contributed by atoms with Gasteiger partial charge in [0.1, 0.15) is 6.79 Å². The number of aliphatic hydroxyl groups excluding tert-OH is 1. The summed E-state index contributed by atoms with van der Waals surface area (Å²) >= 11 is 0. The van der Waals surface area contributed by atoms with E-state index in [9.17, 15) is 0 Å². The predicted molar refractivity (Wildman–Crippen MR) is 41.2 cm³/mol. The molecule has 0 atom stereocenters. The van der Waals surface area contributed by atoms with Crippen molar-refractivity contribution in [3.8, 4) is 0 Å². The third-order valence-electron chi connectivity index (χ3n) is 2.10.